The fourth-order valence-electron chi connectivity index (χ4n) is 3.15. The molecule has 1 atom stereocenters. The van der Waals surface area contributed by atoms with Crippen LogP contribution in [0.5, 0.6) is 0 Å². The molecule has 136 valence electrons. The minimum atomic E-state index is -0.468. The van der Waals surface area contributed by atoms with Gasteiger partial charge in [-0.15, -0.1) is 0 Å². The zero-order valence-electron chi connectivity index (χ0n) is 15.0. The summed E-state index contributed by atoms with van der Waals surface area (Å²) < 4.78 is 0. The monoisotopic (exact) mass is 365 g/mol. The number of nitrogens with zero attached hydrogens (tertiary/aromatic N) is 2. The fraction of sp³-hybridized carbons (Fsp3) is 0.500. The Morgan fingerprint density at radius 1 is 1.32 bits per heavy atom. The number of halogens is 1. The third-order valence-electron chi connectivity index (χ3n) is 4.39. The van der Waals surface area contributed by atoms with E-state index in [2.05, 4.69) is 19.2 Å². The largest absolute Gasteiger partial charge is 0.361 e. The van der Waals surface area contributed by atoms with E-state index in [1.165, 1.54) is 4.90 Å². The normalized spacial score (nSPS) is 17.4. The molecule has 3 amide bonds. The number of rotatable bonds is 6. The summed E-state index contributed by atoms with van der Waals surface area (Å²) in [4.78, 5) is 38.4. The lowest BCUT2D eigenvalue weighted by molar-refractivity contribution is -0.134. The lowest BCUT2D eigenvalue weighted by Crippen LogP contribution is -2.51. The van der Waals surface area contributed by atoms with Gasteiger partial charge < -0.3 is 9.80 Å². The Hall–Kier alpha value is -2.08. The smallest absolute Gasteiger partial charge is 0.249 e. The zero-order valence-corrected chi connectivity index (χ0v) is 15.8. The van der Waals surface area contributed by atoms with Gasteiger partial charge in [-0.1, -0.05) is 25.4 Å². The standard InChI is InChI=1S/C18H24ClN3O3/c1-11(2)9-12-13(19)5-6-14(17(12)21(3)10-23)22(4)15-7-8-16(24)20-18(15)25/h5-6,10-11,15H,7-9H2,1-4H3,(H,20,24,25). The van der Waals surface area contributed by atoms with Crippen LogP contribution in [-0.2, 0) is 20.8 Å². The number of carbonyl (C=O) groups is 3. The van der Waals surface area contributed by atoms with E-state index in [4.69, 9.17) is 11.6 Å². The Kier molecular flexibility index (Phi) is 6.06. The summed E-state index contributed by atoms with van der Waals surface area (Å²) in [6.07, 6.45) is 2.18. The molecule has 1 N–H and O–H groups in total. The summed E-state index contributed by atoms with van der Waals surface area (Å²) in [5, 5.41) is 2.97. The van der Waals surface area contributed by atoms with Gasteiger partial charge in [0.25, 0.3) is 0 Å². The molecule has 0 saturated carbocycles. The third kappa shape index (κ3) is 4.12. The van der Waals surface area contributed by atoms with Crippen molar-refractivity contribution in [2.24, 2.45) is 5.92 Å². The van der Waals surface area contributed by atoms with Crippen LogP contribution in [0, 0.1) is 5.92 Å². The molecule has 0 radical (unpaired) electrons. The van der Waals surface area contributed by atoms with Gasteiger partial charge in [-0.05, 0) is 36.5 Å². The first-order valence-electron chi connectivity index (χ1n) is 8.32. The van der Waals surface area contributed by atoms with Gasteiger partial charge in [0.15, 0.2) is 0 Å². The molecule has 1 unspecified atom stereocenters. The van der Waals surface area contributed by atoms with Gasteiger partial charge in [-0.3, -0.25) is 19.7 Å². The molecule has 1 heterocycles. The number of anilines is 2. The predicted molar refractivity (Wildman–Crippen MR) is 99.0 cm³/mol. The van der Waals surface area contributed by atoms with Crippen molar-refractivity contribution >= 4 is 41.2 Å². The molecule has 1 aliphatic rings. The zero-order chi connectivity index (χ0) is 18.7. The van der Waals surface area contributed by atoms with E-state index in [1.54, 1.807) is 20.2 Å². The Labute approximate surface area is 153 Å². The number of nitrogens with one attached hydrogen (secondary N) is 1. The van der Waals surface area contributed by atoms with Crippen molar-refractivity contribution in [2.45, 2.75) is 39.2 Å². The Morgan fingerprint density at radius 2 is 2.00 bits per heavy atom. The summed E-state index contributed by atoms with van der Waals surface area (Å²) in [5.74, 6) is -0.220. The van der Waals surface area contributed by atoms with E-state index >= 15 is 0 Å². The average molecular weight is 366 g/mol. The molecular weight excluding hydrogens is 342 g/mol. The molecule has 7 heteroatoms. The first-order chi connectivity index (χ1) is 11.8. The van der Waals surface area contributed by atoms with Crippen LogP contribution in [0.2, 0.25) is 5.02 Å². The SMILES string of the molecule is CC(C)Cc1c(Cl)ccc(N(C)C2CCC(=O)NC2=O)c1N(C)C=O. The molecule has 0 bridgehead atoms. The minimum absolute atomic E-state index is 0.253. The van der Waals surface area contributed by atoms with E-state index in [0.29, 0.717) is 35.9 Å². The molecule has 2 rings (SSSR count). The van der Waals surface area contributed by atoms with E-state index < -0.39 is 6.04 Å². The van der Waals surface area contributed by atoms with Crippen molar-refractivity contribution in [1.82, 2.24) is 5.32 Å². The van der Waals surface area contributed by atoms with Gasteiger partial charge in [0.2, 0.25) is 18.2 Å². The highest BCUT2D eigenvalue weighted by molar-refractivity contribution is 6.32. The van der Waals surface area contributed by atoms with Crippen LogP contribution in [0.4, 0.5) is 11.4 Å². The number of piperidine rings is 1. The van der Waals surface area contributed by atoms with Crippen LogP contribution in [0.25, 0.3) is 0 Å². The van der Waals surface area contributed by atoms with E-state index in [0.717, 1.165) is 17.7 Å². The van der Waals surface area contributed by atoms with Crippen molar-refractivity contribution in [2.75, 3.05) is 23.9 Å². The fourth-order valence-corrected chi connectivity index (χ4v) is 3.38. The molecule has 1 saturated heterocycles. The molecule has 1 aromatic carbocycles. The van der Waals surface area contributed by atoms with Gasteiger partial charge in [-0.25, -0.2) is 0 Å². The van der Waals surface area contributed by atoms with Crippen molar-refractivity contribution in [3.8, 4) is 0 Å². The molecule has 1 aromatic rings. The highest BCUT2D eigenvalue weighted by atomic mass is 35.5. The Morgan fingerprint density at radius 3 is 2.56 bits per heavy atom. The summed E-state index contributed by atoms with van der Waals surface area (Å²) in [6, 6.07) is 3.13. The average Bonchev–Trinajstić information content (AvgIpc) is 2.55. The summed E-state index contributed by atoms with van der Waals surface area (Å²) >= 11 is 6.40. The van der Waals surface area contributed by atoms with Crippen molar-refractivity contribution < 1.29 is 14.4 Å². The van der Waals surface area contributed by atoms with Gasteiger partial charge in [0.05, 0.1) is 11.4 Å². The topological polar surface area (TPSA) is 69.7 Å². The lowest BCUT2D eigenvalue weighted by atomic mass is 9.98. The van der Waals surface area contributed by atoms with Gasteiger partial charge in [0.1, 0.15) is 6.04 Å². The number of benzene rings is 1. The van der Waals surface area contributed by atoms with Crippen LogP contribution >= 0.6 is 11.6 Å². The van der Waals surface area contributed by atoms with Crippen LogP contribution < -0.4 is 15.1 Å². The van der Waals surface area contributed by atoms with Gasteiger partial charge >= 0.3 is 0 Å². The number of imide groups is 1. The van der Waals surface area contributed by atoms with Crippen molar-refractivity contribution in [1.29, 1.82) is 0 Å². The second-order valence-electron chi connectivity index (χ2n) is 6.79. The maximum Gasteiger partial charge on any atom is 0.249 e. The molecule has 0 spiro atoms. The van der Waals surface area contributed by atoms with Crippen LogP contribution in [0.15, 0.2) is 12.1 Å². The van der Waals surface area contributed by atoms with Gasteiger partial charge in [-0.2, -0.15) is 0 Å². The molecular formula is C18H24ClN3O3. The summed E-state index contributed by atoms with van der Waals surface area (Å²) in [5.41, 5.74) is 2.32. The predicted octanol–water partition coefficient (Wildman–Crippen LogP) is 2.37. The quantitative estimate of drug-likeness (QED) is 0.620. The van der Waals surface area contributed by atoms with E-state index in [1.807, 2.05) is 11.0 Å². The molecule has 0 aliphatic carbocycles. The number of carbonyl (C=O) groups excluding carboxylic acids is 3. The van der Waals surface area contributed by atoms with Crippen molar-refractivity contribution in [3.63, 3.8) is 0 Å². The van der Waals surface area contributed by atoms with Gasteiger partial charge in [0, 0.05) is 25.5 Å². The number of hydrogen-bond acceptors (Lipinski definition) is 4. The highest BCUT2D eigenvalue weighted by Crippen LogP contribution is 2.38. The second-order valence-corrected chi connectivity index (χ2v) is 7.19. The molecule has 1 aliphatic heterocycles. The lowest BCUT2D eigenvalue weighted by Gasteiger charge is -2.34. The molecule has 6 nitrogen and oxygen atoms in total. The first-order valence-corrected chi connectivity index (χ1v) is 8.70. The maximum atomic E-state index is 12.2. The maximum absolute atomic E-state index is 12.2. The molecule has 0 aromatic heterocycles. The minimum Gasteiger partial charge on any atom is -0.361 e. The Balaban J connectivity index is 2.50. The number of likely N-dealkylation sites (N-methyl/N-ethyl adjacent to an activating group) is 1. The van der Waals surface area contributed by atoms with E-state index in [-0.39, 0.29) is 11.8 Å². The second kappa shape index (κ2) is 7.87. The van der Waals surface area contributed by atoms with Crippen LogP contribution in [0.3, 0.4) is 0 Å². The first kappa shape index (κ1) is 19.2. The van der Waals surface area contributed by atoms with Crippen molar-refractivity contribution in [3.05, 3.63) is 22.7 Å². The highest BCUT2D eigenvalue weighted by Gasteiger charge is 2.32. The number of amides is 3. The third-order valence-corrected chi connectivity index (χ3v) is 4.74. The molecule has 1 fully saturated rings. The van der Waals surface area contributed by atoms with Crippen LogP contribution in [-0.4, -0.2) is 38.4 Å². The summed E-state index contributed by atoms with van der Waals surface area (Å²) in [7, 11) is 3.47. The summed E-state index contributed by atoms with van der Waals surface area (Å²) in [6.45, 7) is 4.16. The number of hydrogen-bond donors (Lipinski definition) is 1. The molecule has 25 heavy (non-hydrogen) atoms. The Bertz CT molecular complexity index is 690. The van der Waals surface area contributed by atoms with Crippen LogP contribution in [0.1, 0.15) is 32.3 Å². The van der Waals surface area contributed by atoms with E-state index in [9.17, 15) is 14.4 Å².